The number of urea groups is 1. The van der Waals surface area contributed by atoms with Crippen LogP contribution in [0.25, 0.3) is 0 Å². The maximum Gasteiger partial charge on any atom is 0.323 e. The van der Waals surface area contributed by atoms with Gasteiger partial charge in [-0.05, 0) is 60.2 Å². The molecule has 0 aliphatic rings. The molecule has 0 bridgehead atoms. The lowest BCUT2D eigenvalue weighted by Crippen LogP contribution is -2.26. The van der Waals surface area contributed by atoms with Gasteiger partial charge in [0.15, 0.2) is 0 Å². The summed E-state index contributed by atoms with van der Waals surface area (Å²) in [6, 6.07) is 17.3. The zero-order chi connectivity index (χ0) is 22.4. The van der Waals surface area contributed by atoms with Crippen molar-refractivity contribution in [1.82, 2.24) is 5.32 Å². The van der Waals surface area contributed by atoms with E-state index in [-0.39, 0.29) is 18.3 Å². The number of anilines is 3. The van der Waals surface area contributed by atoms with E-state index >= 15 is 0 Å². The smallest absolute Gasteiger partial charge is 0.323 e. The molecular weight excluding hydrogens is 419 g/mol. The Labute approximate surface area is 185 Å². The van der Waals surface area contributed by atoms with Crippen LogP contribution in [-0.2, 0) is 6.54 Å². The van der Waals surface area contributed by atoms with E-state index in [1.165, 1.54) is 12.1 Å². The Balaban J connectivity index is 1.71. The molecule has 0 aromatic heterocycles. The highest BCUT2D eigenvalue weighted by molar-refractivity contribution is 6.30. The molecule has 0 aliphatic carbocycles. The van der Waals surface area contributed by atoms with Crippen molar-refractivity contribution in [3.8, 4) is 0 Å². The van der Waals surface area contributed by atoms with Crippen molar-refractivity contribution >= 4 is 40.6 Å². The fourth-order valence-corrected chi connectivity index (χ4v) is 3.02. The lowest BCUT2D eigenvalue weighted by Gasteiger charge is -2.18. The van der Waals surface area contributed by atoms with Gasteiger partial charge < -0.3 is 20.9 Å². The van der Waals surface area contributed by atoms with Gasteiger partial charge >= 0.3 is 6.03 Å². The van der Waals surface area contributed by atoms with Gasteiger partial charge in [0.05, 0.1) is 5.56 Å². The Bertz CT molecular complexity index is 1070. The van der Waals surface area contributed by atoms with Gasteiger partial charge in [0.1, 0.15) is 5.82 Å². The van der Waals surface area contributed by atoms with Crippen LogP contribution < -0.4 is 20.9 Å². The number of hydrogen-bond donors (Lipinski definition) is 3. The summed E-state index contributed by atoms with van der Waals surface area (Å²) in [5.74, 6) is -0.643. The minimum absolute atomic E-state index is 0.251. The quantitative estimate of drug-likeness (QED) is 0.498. The molecule has 31 heavy (non-hydrogen) atoms. The zero-order valence-electron chi connectivity index (χ0n) is 17.1. The number of carbonyl (C=O) groups is 2. The van der Waals surface area contributed by atoms with Crippen LogP contribution in [0, 0.1) is 5.82 Å². The molecular formula is C23H22ClFN4O2. The molecule has 6 nitrogen and oxygen atoms in total. The van der Waals surface area contributed by atoms with E-state index in [1.54, 1.807) is 54.6 Å². The number of amides is 3. The maximum atomic E-state index is 13.1. The molecule has 3 N–H and O–H groups in total. The highest BCUT2D eigenvalue weighted by Gasteiger charge is 2.15. The monoisotopic (exact) mass is 440 g/mol. The van der Waals surface area contributed by atoms with Crippen LogP contribution >= 0.6 is 11.6 Å². The largest absolute Gasteiger partial charge is 0.377 e. The van der Waals surface area contributed by atoms with Crippen molar-refractivity contribution in [3.05, 3.63) is 88.7 Å². The van der Waals surface area contributed by atoms with Crippen molar-refractivity contribution in [2.24, 2.45) is 0 Å². The fourth-order valence-electron chi connectivity index (χ4n) is 2.89. The SMILES string of the molecule is CN(C)c1ccc(NC(=O)Nc2ccc(Cl)cc2)cc1C(=O)NCc1ccc(F)cc1. The minimum atomic E-state index is -0.447. The van der Waals surface area contributed by atoms with Crippen molar-refractivity contribution in [1.29, 1.82) is 0 Å². The Hall–Kier alpha value is -3.58. The van der Waals surface area contributed by atoms with Crippen molar-refractivity contribution in [2.75, 3.05) is 29.6 Å². The summed E-state index contributed by atoms with van der Waals surface area (Å²) >= 11 is 5.85. The van der Waals surface area contributed by atoms with Gasteiger partial charge in [-0.2, -0.15) is 0 Å². The van der Waals surface area contributed by atoms with Gasteiger partial charge in [0.2, 0.25) is 0 Å². The molecule has 0 saturated carbocycles. The molecule has 0 atom stereocenters. The highest BCUT2D eigenvalue weighted by Crippen LogP contribution is 2.23. The number of halogens is 2. The normalized spacial score (nSPS) is 10.3. The first-order valence-corrected chi connectivity index (χ1v) is 9.87. The van der Waals surface area contributed by atoms with E-state index in [2.05, 4.69) is 16.0 Å². The third kappa shape index (κ3) is 6.20. The van der Waals surface area contributed by atoms with Crippen LogP contribution in [0.4, 0.5) is 26.2 Å². The molecule has 160 valence electrons. The summed E-state index contributed by atoms with van der Waals surface area (Å²) in [5.41, 5.74) is 2.92. The summed E-state index contributed by atoms with van der Waals surface area (Å²) in [6.07, 6.45) is 0. The second-order valence-electron chi connectivity index (χ2n) is 7.02. The zero-order valence-corrected chi connectivity index (χ0v) is 17.8. The number of rotatable bonds is 6. The number of nitrogens with zero attached hydrogens (tertiary/aromatic N) is 1. The maximum absolute atomic E-state index is 13.1. The fraction of sp³-hybridized carbons (Fsp3) is 0.130. The van der Waals surface area contributed by atoms with E-state index in [9.17, 15) is 14.0 Å². The highest BCUT2D eigenvalue weighted by atomic mass is 35.5. The summed E-state index contributed by atoms with van der Waals surface area (Å²) in [5, 5.41) is 8.83. The van der Waals surface area contributed by atoms with E-state index in [4.69, 9.17) is 11.6 Å². The predicted molar refractivity (Wildman–Crippen MR) is 122 cm³/mol. The number of hydrogen-bond acceptors (Lipinski definition) is 3. The first kappa shape index (κ1) is 22.1. The number of benzene rings is 3. The Morgan fingerprint density at radius 2 is 1.52 bits per heavy atom. The standard InChI is InChI=1S/C23H22ClFN4O2/c1-29(2)21-12-11-19(28-23(31)27-18-9-5-16(24)6-10-18)13-20(21)22(30)26-14-15-3-7-17(25)8-4-15/h3-13H,14H2,1-2H3,(H,26,30)(H2,27,28,31). The third-order valence-electron chi connectivity index (χ3n) is 4.45. The molecule has 8 heteroatoms. The molecule has 0 spiro atoms. The molecule has 3 aromatic rings. The average molecular weight is 441 g/mol. The van der Waals surface area contributed by atoms with E-state index < -0.39 is 6.03 Å². The topological polar surface area (TPSA) is 73.5 Å². The van der Waals surface area contributed by atoms with Crippen molar-refractivity contribution in [2.45, 2.75) is 6.54 Å². The van der Waals surface area contributed by atoms with Crippen LogP contribution in [0.1, 0.15) is 15.9 Å². The third-order valence-corrected chi connectivity index (χ3v) is 4.70. The van der Waals surface area contributed by atoms with E-state index in [0.717, 1.165) is 5.56 Å². The molecule has 0 radical (unpaired) electrons. The van der Waals surface area contributed by atoms with E-state index in [1.807, 2.05) is 19.0 Å². The Kier molecular flexibility index (Phi) is 7.10. The molecule has 0 fully saturated rings. The van der Waals surface area contributed by atoms with E-state index in [0.29, 0.717) is 27.6 Å². The number of nitrogens with one attached hydrogen (secondary N) is 3. The van der Waals surface area contributed by atoms with Crippen LogP contribution in [0.2, 0.25) is 5.02 Å². The summed E-state index contributed by atoms with van der Waals surface area (Å²) in [6.45, 7) is 0.251. The minimum Gasteiger partial charge on any atom is -0.377 e. The first-order chi connectivity index (χ1) is 14.8. The first-order valence-electron chi connectivity index (χ1n) is 9.49. The molecule has 0 saturated heterocycles. The Morgan fingerprint density at radius 1 is 0.903 bits per heavy atom. The van der Waals surface area contributed by atoms with Gasteiger partial charge in [0.25, 0.3) is 5.91 Å². The van der Waals surface area contributed by atoms with Crippen LogP contribution in [-0.4, -0.2) is 26.0 Å². The predicted octanol–water partition coefficient (Wildman–Crippen LogP) is 5.12. The molecule has 3 amide bonds. The lowest BCUT2D eigenvalue weighted by molar-refractivity contribution is 0.0951. The van der Waals surface area contributed by atoms with Gasteiger partial charge in [-0.15, -0.1) is 0 Å². The average Bonchev–Trinajstić information content (AvgIpc) is 2.74. The van der Waals surface area contributed by atoms with Gasteiger partial charge in [-0.1, -0.05) is 23.7 Å². The molecule has 0 unspecified atom stereocenters. The van der Waals surface area contributed by atoms with Crippen LogP contribution in [0.15, 0.2) is 66.7 Å². The second kappa shape index (κ2) is 9.95. The molecule has 0 aliphatic heterocycles. The summed E-state index contributed by atoms with van der Waals surface area (Å²) < 4.78 is 13.1. The second-order valence-corrected chi connectivity index (χ2v) is 7.46. The van der Waals surface area contributed by atoms with Gasteiger partial charge in [0, 0.05) is 42.7 Å². The van der Waals surface area contributed by atoms with Crippen LogP contribution in [0.3, 0.4) is 0 Å². The molecule has 3 aromatic carbocycles. The molecule has 3 rings (SSSR count). The van der Waals surface area contributed by atoms with Gasteiger partial charge in [-0.3, -0.25) is 4.79 Å². The van der Waals surface area contributed by atoms with Crippen LogP contribution in [0.5, 0.6) is 0 Å². The van der Waals surface area contributed by atoms with Crippen molar-refractivity contribution in [3.63, 3.8) is 0 Å². The molecule has 0 heterocycles. The van der Waals surface area contributed by atoms with Crippen molar-refractivity contribution < 1.29 is 14.0 Å². The Morgan fingerprint density at radius 3 is 2.16 bits per heavy atom. The summed E-state index contributed by atoms with van der Waals surface area (Å²) in [4.78, 5) is 26.9. The summed E-state index contributed by atoms with van der Waals surface area (Å²) in [7, 11) is 3.65. The number of carbonyl (C=O) groups excluding carboxylic acids is 2. The van der Waals surface area contributed by atoms with Gasteiger partial charge in [-0.25, -0.2) is 9.18 Å². The lowest BCUT2D eigenvalue weighted by atomic mass is 10.1.